The van der Waals surface area contributed by atoms with E-state index in [2.05, 4.69) is 11.3 Å². The Morgan fingerprint density at radius 3 is 2.65 bits per heavy atom. The minimum Gasteiger partial charge on any atom is -0.477 e. The molecule has 1 unspecified atom stereocenters. The number of carbonyl (C=O) groups is 1. The van der Waals surface area contributed by atoms with Crippen molar-refractivity contribution in [1.29, 1.82) is 0 Å². The number of carboxylic acid groups (broad SMARTS) is 1. The van der Waals surface area contributed by atoms with Gasteiger partial charge in [0.15, 0.2) is 0 Å². The lowest BCUT2D eigenvalue weighted by molar-refractivity contribution is 0.0702. The van der Waals surface area contributed by atoms with Crippen molar-refractivity contribution in [3.63, 3.8) is 0 Å². The lowest BCUT2D eigenvalue weighted by Crippen LogP contribution is -2.31. The number of aromatic carboxylic acids is 1. The average molecular weight is 275 g/mol. The van der Waals surface area contributed by atoms with E-state index in [1.807, 2.05) is 0 Å². The molecule has 1 atom stereocenters. The van der Waals surface area contributed by atoms with E-state index in [0.717, 1.165) is 11.3 Å². The topological polar surface area (TPSA) is 83.5 Å². The van der Waals surface area contributed by atoms with Crippen LogP contribution >= 0.6 is 11.3 Å². The molecule has 1 rings (SSSR count). The second-order valence-corrected chi connectivity index (χ2v) is 6.42. The fourth-order valence-electron chi connectivity index (χ4n) is 1.19. The fraction of sp³-hybridized carbons (Fsp3) is 0.300. The molecule has 5 nitrogen and oxygen atoms in total. The van der Waals surface area contributed by atoms with E-state index < -0.39 is 22.0 Å². The van der Waals surface area contributed by atoms with Crippen LogP contribution in [0.3, 0.4) is 0 Å². The highest BCUT2D eigenvalue weighted by atomic mass is 32.2. The smallest absolute Gasteiger partial charge is 0.345 e. The third-order valence-corrected chi connectivity index (χ3v) is 4.92. The number of nitrogens with one attached hydrogen (secondary N) is 1. The zero-order valence-electron chi connectivity index (χ0n) is 9.43. The Labute approximate surface area is 104 Å². The molecule has 7 heteroatoms. The predicted molar refractivity (Wildman–Crippen MR) is 66.0 cm³/mol. The van der Waals surface area contributed by atoms with Gasteiger partial charge in [-0.25, -0.2) is 17.9 Å². The third kappa shape index (κ3) is 3.15. The highest BCUT2D eigenvalue weighted by molar-refractivity contribution is 7.89. The van der Waals surface area contributed by atoms with E-state index in [-0.39, 0.29) is 9.77 Å². The summed E-state index contributed by atoms with van der Waals surface area (Å²) in [5, 5.41) is 8.80. The third-order valence-electron chi connectivity index (χ3n) is 2.07. The number of hydrogen-bond acceptors (Lipinski definition) is 4. The van der Waals surface area contributed by atoms with Crippen LogP contribution in [-0.4, -0.2) is 25.5 Å². The highest BCUT2D eigenvalue weighted by Gasteiger charge is 2.22. The predicted octanol–water partition coefficient (Wildman–Crippen LogP) is 1.61. The summed E-state index contributed by atoms with van der Waals surface area (Å²) in [5.74, 6) is -1.13. The molecule has 0 radical (unpaired) electrons. The molecule has 0 aliphatic rings. The van der Waals surface area contributed by atoms with Crippen molar-refractivity contribution in [2.45, 2.75) is 24.8 Å². The van der Waals surface area contributed by atoms with E-state index in [1.54, 1.807) is 13.8 Å². The number of sulfonamides is 1. The SMILES string of the molecule is C=CC(C)NS(=O)(=O)c1cc(C(=O)O)sc1C. The molecule has 0 saturated heterocycles. The molecule has 94 valence electrons. The van der Waals surface area contributed by atoms with Crippen LogP contribution in [0.1, 0.15) is 21.5 Å². The number of thiophene rings is 1. The molecule has 0 aliphatic heterocycles. The maximum atomic E-state index is 11.9. The molecule has 0 aliphatic carbocycles. The van der Waals surface area contributed by atoms with Crippen molar-refractivity contribution < 1.29 is 18.3 Å². The first-order valence-corrected chi connectivity index (χ1v) is 7.06. The summed E-state index contributed by atoms with van der Waals surface area (Å²) >= 11 is 0.939. The van der Waals surface area contributed by atoms with E-state index in [9.17, 15) is 13.2 Å². The van der Waals surface area contributed by atoms with Crippen molar-refractivity contribution in [2.24, 2.45) is 0 Å². The summed E-state index contributed by atoms with van der Waals surface area (Å²) in [7, 11) is -3.69. The molecule has 0 saturated carbocycles. The van der Waals surface area contributed by atoms with Crippen LogP contribution in [0.25, 0.3) is 0 Å². The molecule has 2 N–H and O–H groups in total. The van der Waals surface area contributed by atoms with Gasteiger partial charge in [-0.05, 0) is 19.9 Å². The zero-order chi connectivity index (χ0) is 13.2. The van der Waals surface area contributed by atoms with Gasteiger partial charge >= 0.3 is 5.97 Å². The summed E-state index contributed by atoms with van der Waals surface area (Å²) in [5.41, 5.74) is 0. The minimum atomic E-state index is -3.69. The Morgan fingerprint density at radius 2 is 2.24 bits per heavy atom. The number of aryl methyl sites for hydroxylation is 1. The number of hydrogen-bond donors (Lipinski definition) is 2. The van der Waals surface area contributed by atoms with Crippen LogP contribution < -0.4 is 4.72 Å². The Hall–Kier alpha value is -1.18. The van der Waals surface area contributed by atoms with Gasteiger partial charge in [0.25, 0.3) is 0 Å². The van der Waals surface area contributed by atoms with Crippen LogP contribution in [0.15, 0.2) is 23.6 Å². The van der Waals surface area contributed by atoms with Crippen LogP contribution in [0.4, 0.5) is 0 Å². The quantitative estimate of drug-likeness (QED) is 0.800. The molecule has 0 spiro atoms. The molecular formula is C10H13NO4S2. The van der Waals surface area contributed by atoms with Crippen LogP contribution in [0.5, 0.6) is 0 Å². The van der Waals surface area contributed by atoms with Crippen molar-refractivity contribution in [3.8, 4) is 0 Å². The van der Waals surface area contributed by atoms with E-state index in [0.29, 0.717) is 4.88 Å². The van der Waals surface area contributed by atoms with Gasteiger partial charge in [0.2, 0.25) is 10.0 Å². The number of carboxylic acids is 1. The zero-order valence-corrected chi connectivity index (χ0v) is 11.1. The molecule has 0 amide bonds. The summed E-state index contributed by atoms with van der Waals surface area (Å²) in [4.78, 5) is 11.2. The summed E-state index contributed by atoms with van der Waals surface area (Å²) < 4.78 is 26.2. The minimum absolute atomic E-state index is 0.00796. The first kappa shape index (κ1) is 13.9. The largest absolute Gasteiger partial charge is 0.477 e. The van der Waals surface area contributed by atoms with Gasteiger partial charge < -0.3 is 5.11 Å². The average Bonchev–Trinajstić information content (AvgIpc) is 2.60. The van der Waals surface area contributed by atoms with Gasteiger partial charge in [0.1, 0.15) is 4.88 Å². The molecule has 17 heavy (non-hydrogen) atoms. The molecule has 1 aromatic rings. The lowest BCUT2D eigenvalue weighted by Gasteiger charge is -2.09. The summed E-state index contributed by atoms with van der Waals surface area (Å²) in [6, 6.07) is 0.757. The van der Waals surface area contributed by atoms with Crippen molar-refractivity contribution in [1.82, 2.24) is 4.72 Å². The number of rotatable bonds is 5. The fourth-order valence-corrected chi connectivity index (χ4v) is 3.84. The normalized spacial score (nSPS) is 13.3. The van der Waals surface area contributed by atoms with Gasteiger partial charge in [-0.1, -0.05) is 6.08 Å². The van der Waals surface area contributed by atoms with Crippen molar-refractivity contribution in [3.05, 3.63) is 28.5 Å². The Morgan fingerprint density at radius 1 is 1.65 bits per heavy atom. The standard InChI is InChI=1S/C10H13NO4S2/c1-4-6(2)11-17(14,15)9-5-8(10(12)13)16-7(9)3/h4-6,11H,1H2,2-3H3,(H,12,13). The molecule has 0 aromatic carbocycles. The monoisotopic (exact) mass is 275 g/mol. The van der Waals surface area contributed by atoms with Crippen LogP contribution in [0.2, 0.25) is 0 Å². The lowest BCUT2D eigenvalue weighted by atomic mass is 10.4. The molecule has 1 aromatic heterocycles. The molecule has 0 bridgehead atoms. The molecule has 0 fully saturated rings. The van der Waals surface area contributed by atoms with Crippen molar-refractivity contribution >= 4 is 27.3 Å². The summed E-state index contributed by atoms with van der Waals surface area (Å²) in [6.07, 6.45) is 1.46. The van der Waals surface area contributed by atoms with Gasteiger partial charge in [-0.15, -0.1) is 17.9 Å². The molecule has 1 heterocycles. The van der Waals surface area contributed by atoms with E-state index in [4.69, 9.17) is 5.11 Å². The van der Waals surface area contributed by atoms with Gasteiger partial charge in [-0.3, -0.25) is 0 Å². The van der Waals surface area contributed by atoms with Crippen LogP contribution in [-0.2, 0) is 10.0 Å². The van der Waals surface area contributed by atoms with Crippen molar-refractivity contribution in [2.75, 3.05) is 0 Å². The first-order chi connectivity index (χ1) is 7.77. The van der Waals surface area contributed by atoms with Gasteiger partial charge in [0.05, 0.1) is 4.90 Å². The molecular weight excluding hydrogens is 262 g/mol. The first-order valence-electron chi connectivity index (χ1n) is 4.76. The second kappa shape index (κ2) is 4.99. The highest BCUT2D eigenvalue weighted by Crippen LogP contribution is 2.25. The second-order valence-electron chi connectivity index (χ2n) is 3.48. The van der Waals surface area contributed by atoms with E-state index >= 15 is 0 Å². The maximum absolute atomic E-state index is 11.9. The van der Waals surface area contributed by atoms with Gasteiger partial charge in [-0.2, -0.15) is 0 Å². The van der Waals surface area contributed by atoms with Gasteiger partial charge in [0, 0.05) is 10.9 Å². The maximum Gasteiger partial charge on any atom is 0.345 e. The Kier molecular flexibility index (Phi) is 4.07. The van der Waals surface area contributed by atoms with Crippen LogP contribution in [0, 0.1) is 6.92 Å². The van der Waals surface area contributed by atoms with E-state index in [1.165, 1.54) is 12.1 Å². The Balaban J connectivity index is 3.15. The summed E-state index contributed by atoms with van der Waals surface area (Å²) in [6.45, 7) is 6.69. The Bertz CT molecular complexity index is 545.